The predicted octanol–water partition coefficient (Wildman–Crippen LogP) is 0.422. The lowest BCUT2D eigenvalue weighted by molar-refractivity contribution is 1.30. The summed E-state index contributed by atoms with van der Waals surface area (Å²) >= 11 is 0. The molecule has 0 unspecified atom stereocenters. The van der Waals surface area contributed by atoms with Gasteiger partial charge in [-0.2, -0.15) is 0 Å². The van der Waals surface area contributed by atoms with Crippen molar-refractivity contribution >= 4 is 24.8 Å². The van der Waals surface area contributed by atoms with Gasteiger partial charge in [-0.15, -0.1) is 31.2 Å². The Balaban J connectivity index is -0.0000000450. The Morgan fingerprint density at radius 1 is 1.50 bits per heavy atom. The van der Waals surface area contributed by atoms with Gasteiger partial charge in [-0.25, -0.2) is 0 Å². The molecule has 0 amide bonds. The number of hydrogen-bond acceptors (Lipinski definition) is 1. The first-order chi connectivity index (χ1) is 1.91. The lowest BCUT2D eigenvalue weighted by Crippen LogP contribution is -1.91. The molecule has 0 aliphatic rings. The minimum absolute atomic E-state index is 0. The zero-order valence-corrected chi connectivity index (χ0v) is 4.81. The Morgan fingerprint density at radius 3 is 1.67 bits per heavy atom. The number of halogens is 2. The molecule has 0 fully saturated rings. The van der Waals surface area contributed by atoms with Crippen LogP contribution in [0.2, 0.25) is 0 Å². The van der Waals surface area contributed by atoms with Gasteiger partial charge < -0.3 is 5.73 Å². The zero-order valence-electron chi connectivity index (χ0n) is 3.18. The molecule has 38 valence electrons. The standard InChI is InChI=1S/C3H5N.2ClH/c1-2-3-4;;/h1H,3-4H2;2*1H. The van der Waals surface area contributed by atoms with Gasteiger partial charge in [0.15, 0.2) is 0 Å². The molecule has 0 aromatic carbocycles. The van der Waals surface area contributed by atoms with Crippen molar-refractivity contribution in [3.8, 4) is 12.3 Å². The molecule has 1 nitrogen and oxygen atoms in total. The van der Waals surface area contributed by atoms with Gasteiger partial charge in [-0.3, -0.25) is 0 Å². The maximum Gasteiger partial charge on any atom is 0.0548 e. The normalized spacial score (nSPS) is 3.33. The fraction of sp³-hybridized carbons (Fsp3) is 0.333. The average molecular weight is 128 g/mol. The third kappa shape index (κ3) is 32.6. The Kier molecular flexibility index (Phi) is 53.5. The molecule has 0 spiro atoms. The van der Waals surface area contributed by atoms with Crippen LogP contribution in [-0.4, -0.2) is 6.54 Å². The number of nitrogens with two attached hydrogens (primary N) is 1. The maximum atomic E-state index is 4.79. The zero-order chi connectivity index (χ0) is 3.41. The summed E-state index contributed by atoms with van der Waals surface area (Å²) in [6, 6.07) is 0. The third-order valence-electron chi connectivity index (χ3n) is 0.118. The molecule has 0 aromatic rings. The van der Waals surface area contributed by atoms with Crippen LogP contribution in [0.15, 0.2) is 0 Å². The molecule has 0 aromatic heterocycles. The van der Waals surface area contributed by atoms with E-state index in [2.05, 4.69) is 12.3 Å². The highest BCUT2D eigenvalue weighted by molar-refractivity contribution is 5.85. The van der Waals surface area contributed by atoms with Crippen LogP contribution in [0, 0.1) is 12.3 Å². The summed E-state index contributed by atoms with van der Waals surface area (Å²) in [5, 5.41) is 0. The van der Waals surface area contributed by atoms with E-state index >= 15 is 0 Å². The van der Waals surface area contributed by atoms with E-state index in [-0.39, 0.29) is 24.8 Å². The van der Waals surface area contributed by atoms with E-state index in [4.69, 9.17) is 5.73 Å². The van der Waals surface area contributed by atoms with Crippen molar-refractivity contribution in [1.29, 1.82) is 0 Å². The minimum Gasteiger partial charge on any atom is -0.320 e. The van der Waals surface area contributed by atoms with E-state index in [1.54, 1.807) is 0 Å². The summed E-state index contributed by atoms with van der Waals surface area (Å²) < 4.78 is 0. The first kappa shape index (κ1) is 16.5. The highest BCUT2D eigenvalue weighted by Crippen LogP contribution is 1.25. The van der Waals surface area contributed by atoms with Gasteiger partial charge in [0.1, 0.15) is 0 Å². The molecule has 0 saturated heterocycles. The number of terminal acetylenes is 1. The average Bonchev–Trinajstić information content (AvgIpc) is 1.37. The molecular formula is C3H7Cl2N. The Morgan fingerprint density at radius 2 is 1.67 bits per heavy atom. The molecule has 0 aliphatic heterocycles. The van der Waals surface area contributed by atoms with Gasteiger partial charge in [0, 0.05) is 0 Å². The molecule has 0 saturated carbocycles. The maximum absolute atomic E-state index is 4.79. The fourth-order valence-corrected chi connectivity index (χ4v) is 0. The fourth-order valence-electron chi connectivity index (χ4n) is 0. The van der Waals surface area contributed by atoms with Crippen LogP contribution in [0.5, 0.6) is 0 Å². The van der Waals surface area contributed by atoms with Gasteiger partial charge in [-0.05, 0) is 0 Å². The minimum atomic E-state index is 0. The van der Waals surface area contributed by atoms with E-state index in [0.717, 1.165) is 0 Å². The topological polar surface area (TPSA) is 26.0 Å². The SMILES string of the molecule is C#CCN.Cl.Cl. The summed E-state index contributed by atoms with van der Waals surface area (Å²) in [5.41, 5.74) is 4.79. The van der Waals surface area contributed by atoms with Crippen LogP contribution in [-0.2, 0) is 0 Å². The second-order valence-electron chi connectivity index (χ2n) is 0.408. The Hall–Kier alpha value is 0.100. The Bertz CT molecular complexity index is 38.5. The molecule has 2 N–H and O–H groups in total. The van der Waals surface area contributed by atoms with Crippen LogP contribution >= 0.6 is 24.8 Å². The molecule has 0 atom stereocenters. The van der Waals surface area contributed by atoms with Crippen molar-refractivity contribution < 1.29 is 0 Å². The number of rotatable bonds is 0. The van der Waals surface area contributed by atoms with Gasteiger partial charge in [0.2, 0.25) is 0 Å². The quantitative estimate of drug-likeness (QED) is 0.470. The molecule has 6 heavy (non-hydrogen) atoms. The highest BCUT2D eigenvalue weighted by Gasteiger charge is 1.41. The van der Waals surface area contributed by atoms with Gasteiger partial charge in [0.25, 0.3) is 0 Å². The van der Waals surface area contributed by atoms with Crippen molar-refractivity contribution in [3.63, 3.8) is 0 Å². The molecule has 0 bridgehead atoms. The van der Waals surface area contributed by atoms with Crippen molar-refractivity contribution in [2.24, 2.45) is 5.73 Å². The lowest BCUT2D eigenvalue weighted by Gasteiger charge is -1.56. The van der Waals surface area contributed by atoms with Crippen LogP contribution in [0.4, 0.5) is 0 Å². The molecule has 0 aliphatic carbocycles. The summed E-state index contributed by atoms with van der Waals surface area (Å²) in [6.07, 6.45) is 4.65. The van der Waals surface area contributed by atoms with Gasteiger partial charge in [-0.1, -0.05) is 5.92 Å². The van der Waals surface area contributed by atoms with Crippen molar-refractivity contribution in [2.75, 3.05) is 6.54 Å². The second kappa shape index (κ2) is 19.4. The van der Waals surface area contributed by atoms with E-state index in [1.807, 2.05) is 0 Å². The van der Waals surface area contributed by atoms with E-state index < -0.39 is 0 Å². The second-order valence-corrected chi connectivity index (χ2v) is 0.408. The van der Waals surface area contributed by atoms with E-state index in [9.17, 15) is 0 Å². The van der Waals surface area contributed by atoms with Crippen LogP contribution in [0.1, 0.15) is 0 Å². The van der Waals surface area contributed by atoms with E-state index in [1.165, 1.54) is 0 Å². The largest absolute Gasteiger partial charge is 0.320 e. The summed E-state index contributed by atoms with van der Waals surface area (Å²) in [7, 11) is 0. The number of hydrogen-bond donors (Lipinski definition) is 1. The summed E-state index contributed by atoms with van der Waals surface area (Å²) in [6.45, 7) is 0.347. The molecule has 3 heteroatoms. The van der Waals surface area contributed by atoms with Crippen LogP contribution in [0.25, 0.3) is 0 Å². The third-order valence-corrected chi connectivity index (χ3v) is 0.118. The molecule has 0 rings (SSSR count). The molecule has 0 radical (unpaired) electrons. The smallest absolute Gasteiger partial charge is 0.0548 e. The molecular weight excluding hydrogens is 121 g/mol. The lowest BCUT2D eigenvalue weighted by atomic mass is 10.7. The predicted molar refractivity (Wildman–Crippen MR) is 32.4 cm³/mol. The summed E-state index contributed by atoms with van der Waals surface area (Å²) in [4.78, 5) is 0. The van der Waals surface area contributed by atoms with Crippen molar-refractivity contribution in [3.05, 3.63) is 0 Å². The first-order valence-electron chi connectivity index (χ1n) is 1.05. The van der Waals surface area contributed by atoms with Crippen molar-refractivity contribution in [1.82, 2.24) is 0 Å². The van der Waals surface area contributed by atoms with Gasteiger partial charge >= 0.3 is 0 Å². The van der Waals surface area contributed by atoms with Crippen LogP contribution in [0.3, 0.4) is 0 Å². The highest BCUT2D eigenvalue weighted by atomic mass is 35.5. The van der Waals surface area contributed by atoms with E-state index in [0.29, 0.717) is 6.54 Å². The first-order valence-corrected chi connectivity index (χ1v) is 1.05. The molecule has 0 heterocycles. The van der Waals surface area contributed by atoms with Crippen molar-refractivity contribution in [2.45, 2.75) is 0 Å². The Labute approximate surface area is 50.1 Å². The van der Waals surface area contributed by atoms with Crippen LogP contribution < -0.4 is 5.73 Å². The summed E-state index contributed by atoms with van der Waals surface area (Å²) in [5.74, 6) is 2.21. The van der Waals surface area contributed by atoms with Gasteiger partial charge in [0.05, 0.1) is 6.54 Å². The monoisotopic (exact) mass is 127 g/mol.